The van der Waals surface area contributed by atoms with Gasteiger partial charge < -0.3 is 15.6 Å². The zero-order valence-electron chi connectivity index (χ0n) is 15.0. The fraction of sp³-hybridized carbons (Fsp3) is 0.684. The van der Waals surface area contributed by atoms with E-state index in [1.807, 2.05) is 4.98 Å². The summed E-state index contributed by atoms with van der Waals surface area (Å²) in [7, 11) is 0. The molecule has 3 N–H and O–H groups in total. The van der Waals surface area contributed by atoms with Crippen LogP contribution >= 0.6 is 0 Å². The Morgan fingerprint density at radius 2 is 1.74 bits per heavy atom. The molecule has 1 aromatic rings. The number of alkyl halides is 3. The standard InChI is InChI=1S/C19H24F3N3O2/c20-19(21,22)14-6-15(16(26)24-10-14)25-17(27)23-2-1-18-7-11-3-12(8-18)5-13(4-11)9-18/h6,10-13H,1-5,7-9H2,(H,24,26)(H2,23,25,27). The van der Waals surface area contributed by atoms with Crippen LogP contribution < -0.4 is 16.2 Å². The van der Waals surface area contributed by atoms with Crippen molar-refractivity contribution in [2.45, 2.75) is 51.1 Å². The van der Waals surface area contributed by atoms with Gasteiger partial charge in [0.2, 0.25) is 0 Å². The third-order valence-electron chi connectivity index (χ3n) is 6.58. The molecule has 5 nitrogen and oxygen atoms in total. The van der Waals surface area contributed by atoms with Gasteiger partial charge in [-0.3, -0.25) is 4.79 Å². The number of nitrogens with one attached hydrogen (secondary N) is 3. The van der Waals surface area contributed by atoms with Crippen LogP contribution in [0.15, 0.2) is 17.1 Å². The van der Waals surface area contributed by atoms with Crippen molar-refractivity contribution in [2.75, 3.05) is 11.9 Å². The first kappa shape index (κ1) is 18.4. The number of aromatic amines is 1. The Bertz CT molecular complexity index is 752. The van der Waals surface area contributed by atoms with Gasteiger partial charge in [0.25, 0.3) is 5.56 Å². The van der Waals surface area contributed by atoms with Crippen molar-refractivity contribution in [3.8, 4) is 0 Å². The van der Waals surface area contributed by atoms with E-state index < -0.39 is 29.0 Å². The Hall–Kier alpha value is -1.99. The summed E-state index contributed by atoms with van der Waals surface area (Å²) in [5, 5.41) is 4.94. The molecule has 1 heterocycles. The third kappa shape index (κ3) is 3.84. The minimum atomic E-state index is -4.59. The molecule has 0 aromatic carbocycles. The molecule has 0 spiro atoms. The Balaban J connectivity index is 1.32. The van der Waals surface area contributed by atoms with E-state index in [2.05, 4.69) is 10.6 Å². The van der Waals surface area contributed by atoms with Crippen molar-refractivity contribution in [3.63, 3.8) is 0 Å². The number of H-pyrrole nitrogens is 1. The van der Waals surface area contributed by atoms with Crippen LogP contribution in [0.2, 0.25) is 0 Å². The smallest absolute Gasteiger partial charge is 0.338 e. The van der Waals surface area contributed by atoms with E-state index >= 15 is 0 Å². The van der Waals surface area contributed by atoms with Crippen molar-refractivity contribution >= 4 is 11.7 Å². The number of pyridine rings is 1. The second-order valence-electron chi connectivity index (χ2n) is 8.68. The summed E-state index contributed by atoms with van der Waals surface area (Å²) in [5.41, 5.74) is -1.86. The van der Waals surface area contributed by atoms with Gasteiger partial charge in [-0.25, -0.2) is 4.79 Å². The summed E-state index contributed by atoms with van der Waals surface area (Å²) in [6.45, 7) is 0.467. The number of anilines is 1. The number of carbonyl (C=O) groups is 1. The van der Waals surface area contributed by atoms with Crippen molar-refractivity contribution in [3.05, 3.63) is 28.2 Å². The number of halogens is 3. The van der Waals surface area contributed by atoms with Gasteiger partial charge >= 0.3 is 12.2 Å². The van der Waals surface area contributed by atoms with E-state index in [1.165, 1.54) is 38.5 Å². The summed E-state index contributed by atoms with van der Waals surface area (Å²) < 4.78 is 38.2. The zero-order valence-corrected chi connectivity index (χ0v) is 15.0. The summed E-state index contributed by atoms with van der Waals surface area (Å²) in [6.07, 6.45) is 4.65. The van der Waals surface area contributed by atoms with Gasteiger partial charge in [0.15, 0.2) is 0 Å². The van der Waals surface area contributed by atoms with Gasteiger partial charge in [0, 0.05) is 12.7 Å². The van der Waals surface area contributed by atoms with Crippen molar-refractivity contribution < 1.29 is 18.0 Å². The lowest BCUT2D eigenvalue weighted by molar-refractivity contribution is -0.137. The first-order valence-corrected chi connectivity index (χ1v) is 9.57. The van der Waals surface area contributed by atoms with E-state index in [4.69, 9.17) is 0 Å². The van der Waals surface area contributed by atoms with E-state index in [0.29, 0.717) is 24.2 Å². The molecule has 0 saturated heterocycles. The molecular weight excluding hydrogens is 359 g/mol. The van der Waals surface area contributed by atoms with Gasteiger partial charge in [0.05, 0.1) is 5.56 Å². The van der Waals surface area contributed by atoms with E-state index in [-0.39, 0.29) is 0 Å². The average molecular weight is 383 g/mol. The topological polar surface area (TPSA) is 74.0 Å². The largest absolute Gasteiger partial charge is 0.417 e. The highest BCUT2D eigenvalue weighted by molar-refractivity contribution is 5.89. The molecule has 4 fully saturated rings. The Morgan fingerprint density at radius 3 is 2.30 bits per heavy atom. The summed E-state index contributed by atoms with van der Waals surface area (Å²) in [5.74, 6) is 2.48. The Morgan fingerprint density at radius 1 is 1.15 bits per heavy atom. The first-order valence-electron chi connectivity index (χ1n) is 9.57. The van der Waals surface area contributed by atoms with Gasteiger partial charge in [-0.15, -0.1) is 0 Å². The minimum absolute atomic E-state index is 0.315. The fourth-order valence-electron chi connectivity index (χ4n) is 5.94. The molecule has 1 aromatic heterocycles. The molecule has 4 aliphatic carbocycles. The number of amides is 2. The molecule has 2 amide bonds. The second-order valence-corrected chi connectivity index (χ2v) is 8.68. The third-order valence-corrected chi connectivity index (χ3v) is 6.58. The quantitative estimate of drug-likeness (QED) is 0.732. The molecule has 27 heavy (non-hydrogen) atoms. The monoisotopic (exact) mass is 383 g/mol. The molecule has 4 bridgehead atoms. The van der Waals surface area contributed by atoms with Crippen LogP contribution in [0.5, 0.6) is 0 Å². The highest BCUT2D eigenvalue weighted by atomic mass is 19.4. The number of urea groups is 1. The van der Waals surface area contributed by atoms with Crippen LogP contribution in [0.25, 0.3) is 0 Å². The van der Waals surface area contributed by atoms with E-state index in [1.54, 1.807) is 0 Å². The van der Waals surface area contributed by atoms with Crippen molar-refractivity contribution in [2.24, 2.45) is 23.2 Å². The van der Waals surface area contributed by atoms with Crippen LogP contribution in [-0.2, 0) is 6.18 Å². The van der Waals surface area contributed by atoms with Crippen molar-refractivity contribution in [1.82, 2.24) is 10.3 Å². The normalized spacial score (nSPS) is 31.7. The molecule has 148 valence electrons. The molecule has 0 radical (unpaired) electrons. The maximum Gasteiger partial charge on any atom is 0.417 e. The van der Waals surface area contributed by atoms with Gasteiger partial charge in [-0.05, 0) is 74.2 Å². The van der Waals surface area contributed by atoms with Gasteiger partial charge in [0.1, 0.15) is 5.69 Å². The zero-order chi connectivity index (χ0) is 19.2. The Labute approximate surface area is 155 Å². The van der Waals surface area contributed by atoms with Crippen molar-refractivity contribution in [1.29, 1.82) is 0 Å². The number of hydrogen-bond donors (Lipinski definition) is 3. The minimum Gasteiger partial charge on any atom is -0.338 e. The maximum atomic E-state index is 12.7. The number of carbonyl (C=O) groups excluding carboxylic acids is 1. The van der Waals surface area contributed by atoms with E-state index in [0.717, 1.165) is 24.2 Å². The molecule has 4 saturated carbocycles. The van der Waals surface area contributed by atoms with Gasteiger partial charge in [-0.2, -0.15) is 13.2 Å². The van der Waals surface area contributed by atoms with E-state index in [9.17, 15) is 22.8 Å². The average Bonchev–Trinajstić information content (AvgIpc) is 2.54. The predicted molar refractivity (Wildman–Crippen MR) is 94.3 cm³/mol. The summed E-state index contributed by atoms with van der Waals surface area (Å²) in [6, 6.07) is 0.00173. The second kappa shape index (κ2) is 6.56. The maximum absolute atomic E-state index is 12.7. The molecule has 0 unspecified atom stereocenters. The summed E-state index contributed by atoms with van der Waals surface area (Å²) >= 11 is 0. The highest BCUT2D eigenvalue weighted by Crippen LogP contribution is 2.61. The van der Waals surface area contributed by atoms with Crippen LogP contribution in [0.1, 0.15) is 50.5 Å². The van der Waals surface area contributed by atoms with Crippen LogP contribution in [0.3, 0.4) is 0 Å². The molecular formula is C19H24F3N3O2. The molecule has 0 aliphatic heterocycles. The fourth-order valence-corrected chi connectivity index (χ4v) is 5.94. The highest BCUT2D eigenvalue weighted by Gasteiger charge is 2.50. The molecule has 5 rings (SSSR count). The summed E-state index contributed by atoms with van der Waals surface area (Å²) in [4.78, 5) is 25.7. The van der Waals surface area contributed by atoms with Crippen LogP contribution in [-0.4, -0.2) is 17.6 Å². The SMILES string of the molecule is O=C(NCCC12CC3CC(CC(C3)C1)C2)Nc1cc(C(F)(F)F)c[nH]c1=O. The molecule has 0 atom stereocenters. The molecule has 4 aliphatic rings. The molecule has 8 heteroatoms. The predicted octanol–water partition coefficient (Wildman–Crippen LogP) is 4.12. The lowest BCUT2D eigenvalue weighted by Gasteiger charge is -2.57. The first-order chi connectivity index (χ1) is 12.7. The number of hydrogen-bond acceptors (Lipinski definition) is 2. The van der Waals surface area contributed by atoms with Gasteiger partial charge in [-0.1, -0.05) is 0 Å². The lowest BCUT2D eigenvalue weighted by Crippen LogP contribution is -2.47. The lowest BCUT2D eigenvalue weighted by atomic mass is 9.49. The van der Waals surface area contributed by atoms with Crippen LogP contribution in [0, 0.1) is 23.2 Å². The number of aromatic nitrogens is 1. The Kier molecular flexibility index (Phi) is 4.47. The van der Waals surface area contributed by atoms with Crippen LogP contribution in [0.4, 0.5) is 23.7 Å². The number of rotatable bonds is 4.